The molecule has 0 aromatic carbocycles. The van der Waals surface area contributed by atoms with Crippen molar-refractivity contribution in [2.45, 2.75) is 13.3 Å². The zero-order chi connectivity index (χ0) is 9.78. The van der Waals surface area contributed by atoms with Crippen molar-refractivity contribution in [3.8, 4) is 0 Å². The molecule has 8 heteroatoms. The summed E-state index contributed by atoms with van der Waals surface area (Å²) in [6.07, 6.45) is -0.238. The van der Waals surface area contributed by atoms with Crippen molar-refractivity contribution in [1.29, 1.82) is 0 Å². The average molecular weight is 220 g/mol. The summed E-state index contributed by atoms with van der Waals surface area (Å²) in [6, 6.07) is 0. The maximum atomic E-state index is 10.4. The van der Waals surface area contributed by atoms with Crippen molar-refractivity contribution in [1.82, 2.24) is 5.06 Å². The van der Waals surface area contributed by atoms with Crippen LogP contribution in [-0.4, -0.2) is 68.2 Å². The first-order valence-corrected chi connectivity index (χ1v) is 5.14. The quantitative estimate of drug-likeness (QED) is 0.254. The molecule has 0 heterocycles. The van der Waals surface area contributed by atoms with Crippen LogP contribution in [0.1, 0.15) is 13.3 Å². The van der Waals surface area contributed by atoms with Crippen molar-refractivity contribution in [3.63, 3.8) is 0 Å². The molecular weight excluding hydrogens is 208 g/mol. The van der Waals surface area contributed by atoms with Crippen LogP contribution in [0.5, 0.6) is 0 Å². The van der Waals surface area contributed by atoms with Crippen LogP contribution in [0, 0.1) is 0 Å². The van der Waals surface area contributed by atoms with Gasteiger partial charge in [0, 0.05) is 43.0 Å². The molecule has 0 saturated carbocycles. The Balaban J connectivity index is 0. The Morgan fingerprint density at radius 1 is 1.46 bits per heavy atom. The van der Waals surface area contributed by atoms with Gasteiger partial charge in [-0.25, -0.2) is 5.06 Å². The molecule has 0 fully saturated rings. The second-order valence-electron chi connectivity index (χ2n) is 2.38. The zero-order valence-corrected chi connectivity index (χ0v) is 10.6. The average Bonchev–Trinajstić information content (AvgIpc) is 1.84. The van der Waals surface area contributed by atoms with E-state index >= 15 is 0 Å². The molecule has 0 bridgehead atoms. The van der Waals surface area contributed by atoms with Gasteiger partial charge in [0.05, 0.1) is 6.16 Å². The summed E-state index contributed by atoms with van der Waals surface area (Å²) in [5.41, 5.74) is 0. The molecule has 6 nitrogen and oxygen atoms in total. The maximum absolute atomic E-state index is 10.4. The Morgan fingerprint density at radius 2 is 1.92 bits per heavy atom. The van der Waals surface area contributed by atoms with Gasteiger partial charge in [-0.3, -0.25) is 14.6 Å². The summed E-state index contributed by atoms with van der Waals surface area (Å²) in [6.45, 7) is 1.11. The van der Waals surface area contributed by atoms with Gasteiger partial charge in [-0.05, 0) is 6.42 Å². The van der Waals surface area contributed by atoms with Crippen LogP contribution >= 0.6 is 7.60 Å². The molecule has 0 aliphatic heterocycles. The molecule has 0 rings (SSSR count). The van der Waals surface area contributed by atoms with E-state index in [4.69, 9.17) is 15.0 Å². The fraction of sp³-hybridized carbons (Fsp3) is 0.800. The van der Waals surface area contributed by atoms with Crippen molar-refractivity contribution in [2.24, 2.45) is 0 Å². The molecular formula is C5H12NNaO5P. The Kier molecular flexibility index (Phi) is 8.57. The molecule has 1 radical (unpaired) electrons. The summed E-state index contributed by atoms with van der Waals surface area (Å²) in [5.74, 6) is -0.541. The summed E-state index contributed by atoms with van der Waals surface area (Å²) in [4.78, 5) is 27.2. The number of amides is 1. The number of carbonyl (C=O) groups excluding carboxylic acids is 1. The van der Waals surface area contributed by atoms with E-state index in [1.54, 1.807) is 0 Å². The molecule has 0 unspecified atom stereocenters. The van der Waals surface area contributed by atoms with E-state index in [1.807, 2.05) is 0 Å². The van der Waals surface area contributed by atoms with Crippen LogP contribution in [0.3, 0.4) is 0 Å². The summed E-state index contributed by atoms with van der Waals surface area (Å²) in [7, 11) is -4.00. The van der Waals surface area contributed by atoms with E-state index in [-0.39, 0.29) is 48.7 Å². The molecule has 3 N–H and O–H groups in total. The largest absolute Gasteiger partial charge is 0.325 e. The van der Waals surface area contributed by atoms with Gasteiger partial charge in [0.2, 0.25) is 5.91 Å². The molecule has 0 aliphatic rings. The van der Waals surface area contributed by atoms with Gasteiger partial charge in [0.15, 0.2) is 0 Å². The molecule has 0 spiro atoms. The Morgan fingerprint density at radius 3 is 2.23 bits per heavy atom. The van der Waals surface area contributed by atoms with Gasteiger partial charge in [-0.15, -0.1) is 0 Å². The molecule has 0 aromatic heterocycles. The minimum absolute atomic E-state index is 0. The van der Waals surface area contributed by atoms with Gasteiger partial charge in [0.25, 0.3) is 0 Å². The number of nitrogens with zero attached hydrogens (tertiary/aromatic N) is 1. The number of hydrogen-bond acceptors (Lipinski definition) is 3. The van der Waals surface area contributed by atoms with Gasteiger partial charge >= 0.3 is 7.60 Å². The number of hydroxylamine groups is 2. The molecule has 1 amide bonds. The summed E-state index contributed by atoms with van der Waals surface area (Å²) < 4.78 is 10.3. The molecule has 73 valence electrons. The van der Waals surface area contributed by atoms with E-state index in [0.29, 0.717) is 5.06 Å². The van der Waals surface area contributed by atoms with Gasteiger partial charge in [0.1, 0.15) is 0 Å². The number of rotatable bonds is 4. The maximum Gasteiger partial charge on any atom is 0.325 e. The first-order chi connectivity index (χ1) is 5.33. The van der Waals surface area contributed by atoms with Crippen LogP contribution in [0.4, 0.5) is 0 Å². The third-order valence-electron chi connectivity index (χ3n) is 1.18. The standard InChI is InChI=1S/C5H12NO5P.Na/c1-5(7)6(8)3-2-4-12(9,10)11;/h8H,2-4H2,1H3,(H2,9,10,11);. The second kappa shape index (κ2) is 6.95. The monoisotopic (exact) mass is 220 g/mol. The number of hydrogen-bond donors (Lipinski definition) is 3. The Hall–Kier alpha value is 0.580. The third kappa shape index (κ3) is 10.5. The van der Waals surface area contributed by atoms with E-state index in [1.165, 1.54) is 0 Å². The smallest absolute Gasteiger partial charge is 0.324 e. The minimum Gasteiger partial charge on any atom is -0.324 e. The summed E-state index contributed by atoms with van der Waals surface area (Å²) >= 11 is 0. The van der Waals surface area contributed by atoms with E-state index in [0.717, 1.165) is 6.92 Å². The van der Waals surface area contributed by atoms with Gasteiger partial charge in [-0.2, -0.15) is 0 Å². The zero-order valence-electron chi connectivity index (χ0n) is 7.67. The fourth-order valence-corrected chi connectivity index (χ4v) is 1.14. The molecule has 0 aromatic rings. The molecule has 0 saturated heterocycles. The van der Waals surface area contributed by atoms with E-state index in [2.05, 4.69) is 0 Å². The van der Waals surface area contributed by atoms with E-state index < -0.39 is 13.5 Å². The first-order valence-electron chi connectivity index (χ1n) is 3.34. The predicted octanol–water partition coefficient (Wildman–Crippen LogP) is -0.589. The second-order valence-corrected chi connectivity index (χ2v) is 4.16. The van der Waals surface area contributed by atoms with Crippen LogP contribution in [-0.2, 0) is 9.36 Å². The van der Waals surface area contributed by atoms with Gasteiger partial charge < -0.3 is 9.79 Å². The third-order valence-corrected chi connectivity index (χ3v) is 2.08. The van der Waals surface area contributed by atoms with Crippen LogP contribution in [0.2, 0.25) is 0 Å². The minimum atomic E-state index is -4.00. The van der Waals surface area contributed by atoms with Crippen LogP contribution < -0.4 is 0 Å². The Labute approximate surface area is 98.3 Å². The van der Waals surface area contributed by atoms with Crippen LogP contribution in [0.15, 0.2) is 0 Å². The molecule has 0 aliphatic carbocycles. The normalized spacial score (nSPS) is 10.5. The fourth-order valence-electron chi connectivity index (χ4n) is 0.584. The van der Waals surface area contributed by atoms with Crippen molar-refractivity contribution >= 4 is 43.1 Å². The Bertz CT molecular complexity index is 205. The first kappa shape index (κ1) is 16.0. The SMILES string of the molecule is CC(=O)N(O)CCCP(=O)(O)O.[Na]. The van der Waals surface area contributed by atoms with Crippen molar-refractivity contribution < 1.29 is 24.4 Å². The molecule has 13 heavy (non-hydrogen) atoms. The topological polar surface area (TPSA) is 98.1 Å². The van der Waals surface area contributed by atoms with Gasteiger partial charge in [-0.1, -0.05) is 0 Å². The summed E-state index contributed by atoms with van der Waals surface area (Å²) in [5, 5.41) is 9.18. The van der Waals surface area contributed by atoms with E-state index in [9.17, 15) is 9.36 Å². The molecule has 0 atom stereocenters. The van der Waals surface area contributed by atoms with Crippen molar-refractivity contribution in [3.05, 3.63) is 0 Å². The van der Waals surface area contributed by atoms with Crippen molar-refractivity contribution in [2.75, 3.05) is 12.7 Å². The van der Waals surface area contributed by atoms with Crippen LogP contribution in [0.25, 0.3) is 0 Å². The predicted molar refractivity (Wildman–Crippen MR) is 46.5 cm³/mol. The number of carbonyl (C=O) groups is 1.